The molecule has 1 saturated carbocycles. The van der Waals surface area contributed by atoms with E-state index >= 15 is 0 Å². The van der Waals surface area contributed by atoms with Crippen LogP contribution in [0.15, 0.2) is 11.4 Å². The van der Waals surface area contributed by atoms with E-state index in [9.17, 15) is 4.79 Å². The van der Waals surface area contributed by atoms with Crippen LogP contribution >= 0.6 is 11.3 Å². The standard InChI is InChI=1S/C15H24N2OS/c1-11-3-6-15(10-16,7-4-11)14(18)17-9-13-12(2)5-8-19-13/h5,8,11H,3-4,6-7,9-10,16H2,1-2H3,(H,17,18). The molecule has 1 amide bonds. The first kappa shape index (κ1) is 14.5. The summed E-state index contributed by atoms with van der Waals surface area (Å²) in [6.07, 6.45) is 4.09. The average Bonchev–Trinajstić information content (AvgIpc) is 2.83. The molecule has 0 aromatic carbocycles. The van der Waals surface area contributed by atoms with Crippen molar-refractivity contribution in [3.8, 4) is 0 Å². The maximum absolute atomic E-state index is 12.5. The second kappa shape index (κ2) is 6.06. The largest absolute Gasteiger partial charge is 0.351 e. The van der Waals surface area contributed by atoms with Gasteiger partial charge < -0.3 is 11.1 Å². The summed E-state index contributed by atoms with van der Waals surface area (Å²) >= 11 is 1.70. The fourth-order valence-corrected chi connectivity index (χ4v) is 3.62. The van der Waals surface area contributed by atoms with Crippen molar-refractivity contribution in [1.82, 2.24) is 5.32 Å². The van der Waals surface area contributed by atoms with Crippen LogP contribution in [0.2, 0.25) is 0 Å². The normalized spacial score (nSPS) is 27.2. The molecule has 0 atom stereocenters. The SMILES string of the molecule is Cc1ccsc1CNC(=O)C1(CN)CCC(C)CC1. The minimum absolute atomic E-state index is 0.148. The summed E-state index contributed by atoms with van der Waals surface area (Å²) in [6, 6.07) is 2.09. The van der Waals surface area contributed by atoms with Crippen molar-refractivity contribution in [1.29, 1.82) is 0 Å². The van der Waals surface area contributed by atoms with E-state index in [4.69, 9.17) is 5.73 Å². The second-order valence-electron chi connectivity index (χ2n) is 5.88. The van der Waals surface area contributed by atoms with Crippen LogP contribution in [0.5, 0.6) is 0 Å². The van der Waals surface area contributed by atoms with Crippen molar-refractivity contribution in [3.05, 3.63) is 21.9 Å². The Bertz CT molecular complexity index is 433. The summed E-state index contributed by atoms with van der Waals surface area (Å²) in [7, 11) is 0. The van der Waals surface area contributed by atoms with Crippen molar-refractivity contribution in [2.75, 3.05) is 6.54 Å². The molecule has 0 bridgehead atoms. The number of amides is 1. The number of hydrogen-bond donors (Lipinski definition) is 2. The number of nitrogens with one attached hydrogen (secondary N) is 1. The number of aryl methyl sites for hydroxylation is 1. The quantitative estimate of drug-likeness (QED) is 0.891. The lowest BCUT2D eigenvalue weighted by Crippen LogP contribution is -2.47. The van der Waals surface area contributed by atoms with E-state index in [0.29, 0.717) is 13.1 Å². The molecule has 0 spiro atoms. The van der Waals surface area contributed by atoms with Gasteiger partial charge in [-0.2, -0.15) is 0 Å². The van der Waals surface area contributed by atoms with Crippen molar-refractivity contribution >= 4 is 17.2 Å². The molecule has 3 nitrogen and oxygen atoms in total. The molecule has 0 saturated heterocycles. The maximum Gasteiger partial charge on any atom is 0.227 e. The van der Waals surface area contributed by atoms with Crippen molar-refractivity contribution in [3.63, 3.8) is 0 Å². The van der Waals surface area contributed by atoms with Gasteiger partial charge in [0.15, 0.2) is 0 Å². The van der Waals surface area contributed by atoms with Gasteiger partial charge in [-0.05, 0) is 55.5 Å². The van der Waals surface area contributed by atoms with Gasteiger partial charge in [0.2, 0.25) is 5.91 Å². The highest BCUT2D eigenvalue weighted by Gasteiger charge is 2.39. The number of carbonyl (C=O) groups excluding carboxylic acids is 1. The average molecular weight is 280 g/mol. The first-order valence-corrected chi connectivity index (χ1v) is 7.97. The highest BCUT2D eigenvalue weighted by molar-refractivity contribution is 7.10. The highest BCUT2D eigenvalue weighted by atomic mass is 32.1. The van der Waals surface area contributed by atoms with E-state index in [0.717, 1.165) is 31.6 Å². The van der Waals surface area contributed by atoms with Gasteiger partial charge in [-0.1, -0.05) is 6.92 Å². The van der Waals surface area contributed by atoms with Crippen LogP contribution in [0, 0.1) is 18.3 Å². The summed E-state index contributed by atoms with van der Waals surface area (Å²) in [5.41, 5.74) is 6.84. The molecular formula is C15H24N2OS. The minimum atomic E-state index is -0.322. The molecule has 4 heteroatoms. The molecule has 1 heterocycles. The van der Waals surface area contributed by atoms with E-state index in [1.54, 1.807) is 11.3 Å². The van der Waals surface area contributed by atoms with Crippen molar-refractivity contribution < 1.29 is 4.79 Å². The van der Waals surface area contributed by atoms with Gasteiger partial charge in [-0.3, -0.25) is 4.79 Å². The smallest absolute Gasteiger partial charge is 0.227 e. The Morgan fingerprint density at radius 3 is 2.74 bits per heavy atom. The number of rotatable bonds is 4. The van der Waals surface area contributed by atoms with Gasteiger partial charge >= 0.3 is 0 Å². The molecule has 0 aliphatic heterocycles. The molecule has 0 unspecified atom stereocenters. The zero-order valence-corrected chi connectivity index (χ0v) is 12.7. The number of thiophene rings is 1. The van der Waals surface area contributed by atoms with Gasteiger partial charge in [0, 0.05) is 11.4 Å². The second-order valence-corrected chi connectivity index (χ2v) is 6.88. The predicted molar refractivity (Wildman–Crippen MR) is 80.0 cm³/mol. The Morgan fingerprint density at radius 1 is 1.53 bits per heavy atom. The molecule has 0 radical (unpaired) electrons. The Balaban J connectivity index is 1.96. The summed E-state index contributed by atoms with van der Waals surface area (Å²) in [6.45, 7) is 5.45. The van der Waals surface area contributed by atoms with E-state index in [2.05, 4.69) is 30.6 Å². The summed E-state index contributed by atoms with van der Waals surface area (Å²) in [5.74, 6) is 0.877. The predicted octanol–water partition coefficient (Wildman–Crippen LogP) is 2.83. The van der Waals surface area contributed by atoms with E-state index in [-0.39, 0.29) is 11.3 Å². The third kappa shape index (κ3) is 3.18. The van der Waals surface area contributed by atoms with Crippen LogP contribution in [-0.4, -0.2) is 12.5 Å². The Morgan fingerprint density at radius 2 is 2.21 bits per heavy atom. The molecule has 3 N–H and O–H groups in total. The minimum Gasteiger partial charge on any atom is -0.351 e. The fraction of sp³-hybridized carbons (Fsp3) is 0.667. The summed E-state index contributed by atoms with van der Waals surface area (Å²) in [5, 5.41) is 5.16. The first-order chi connectivity index (χ1) is 9.07. The monoisotopic (exact) mass is 280 g/mol. The zero-order valence-electron chi connectivity index (χ0n) is 11.9. The zero-order chi connectivity index (χ0) is 13.9. The van der Waals surface area contributed by atoms with Crippen molar-refractivity contribution in [2.45, 2.75) is 46.1 Å². The van der Waals surface area contributed by atoms with Crippen LogP contribution in [0.25, 0.3) is 0 Å². The van der Waals surface area contributed by atoms with E-state index < -0.39 is 0 Å². The maximum atomic E-state index is 12.5. The Kier molecular flexibility index (Phi) is 4.63. The van der Waals surface area contributed by atoms with Crippen molar-refractivity contribution in [2.24, 2.45) is 17.1 Å². The molecule has 106 valence electrons. The van der Waals surface area contributed by atoms with Crippen LogP contribution < -0.4 is 11.1 Å². The summed E-state index contributed by atoms with van der Waals surface area (Å²) < 4.78 is 0. The van der Waals surface area contributed by atoms with Crippen LogP contribution in [0.4, 0.5) is 0 Å². The molecule has 2 rings (SSSR count). The Hall–Kier alpha value is -0.870. The molecule has 1 aliphatic carbocycles. The highest BCUT2D eigenvalue weighted by Crippen LogP contribution is 2.38. The molecule has 1 aromatic rings. The van der Waals surface area contributed by atoms with E-state index in [1.807, 2.05) is 0 Å². The van der Waals surface area contributed by atoms with Gasteiger partial charge in [0.1, 0.15) is 0 Å². The lowest BCUT2D eigenvalue weighted by Gasteiger charge is -2.37. The van der Waals surface area contributed by atoms with Crippen LogP contribution in [-0.2, 0) is 11.3 Å². The van der Waals surface area contributed by atoms with E-state index in [1.165, 1.54) is 10.4 Å². The third-order valence-electron chi connectivity index (χ3n) is 4.48. The van der Waals surface area contributed by atoms with Crippen LogP contribution in [0.1, 0.15) is 43.0 Å². The lowest BCUT2D eigenvalue weighted by atomic mass is 9.70. The van der Waals surface area contributed by atoms with Gasteiger partial charge in [0.25, 0.3) is 0 Å². The molecule has 1 aromatic heterocycles. The Labute approximate surface area is 119 Å². The van der Waals surface area contributed by atoms with Crippen LogP contribution in [0.3, 0.4) is 0 Å². The number of nitrogens with two attached hydrogens (primary N) is 1. The van der Waals surface area contributed by atoms with Gasteiger partial charge in [-0.15, -0.1) is 11.3 Å². The summed E-state index contributed by atoms with van der Waals surface area (Å²) in [4.78, 5) is 13.7. The first-order valence-electron chi connectivity index (χ1n) is 7.09. The number of hydrogen-bond acceptors (Lipinski definition) is 3. The lowest BCUT2D eigenvalue weighted by molar-refractivity contribution is -0.133. The molecule has 1 aliphatic rings. The molecular weight excluding hydrogens is 256 g/mol. The topological polar surface area (TPSA) is 55.1 Å². The molecule has 19 heavy (non-hydrogen) atoms. The molecule has 1 fully saturated rings. The van der Waals surface area contributed by atoms with Gasteiger partial charge in [0.05, 0.1) is 12.0 Å². The van der Waals surface area contributed by atoms with Gasteiger partial charge in [-0.25, -0.2) is 0 Å². The third-order valence-corrected chi connectivity index (χ3v) is 5.50. The number of carbonyl (C=O) groups is 1. The fourth-order valence-electron chi connectivity index (χ4n) is 2.77.